The SMILES string of the molecule is Cc1ccc(C=C2SC(=S)N(CCC(=O)Nc3ccccc3Br)C2=O)cc1. The molecule has 0 saturated carbocycles. The molecule has 0 radical (unpaired) electrons. The molecule has 2 amide bonds. The van der Waals surface area contributed by atoms with Crippen molar-refractivity contribution in [3.05, 3.63) is 69.0 Å². The normalized spacial score (nSPS) is 15.5. The monoisotopic (exact) mass is 460 g/mol. The standard InChI is InChI=1S/C20H17BrN2O2S2/c1-13-6-8-14(9-7-13)12-17-19(25)23(20(26)27-17)11-10-18(24)22-16-5-3-2-4-15(16)21/h2-9,12H,10-11H2,1H3,(H,22,24). The van der Waals surface area contributed by atoms with Crippen LogP contribution >= 0.6 is 39.9 Å². The van der Waals surface area contributed by atoms with Crippen molar-refractivity contribution in [1.29, 1.82) is 0 Å². The van der Waals surface area contributed by atoms with E-state index in [1.54, 1.807) is 0 Å². The van der Waals surface area contributed by atoms with E-state index in [1.807, 2.05) is 61.5 Å². The van der Waals surface area contributed by atoms with Crippen LogP contribution in [-0.2, 0) is 9.59 Å². The Morgan fingerprint density at radius 2 is 1.93 bits per heavy atom. The number of carbonyl (C=O) groups excluding carboxylic acids is 2. The van der Waals surface area contributed by atoms with Crippen molar-refractivity contribution in [3.63, 3.8) is 0 Å². The van der Waals surface area contributed by atoms with Crippen LogP contribution in [0, 0.1) is 6.92 Å². The number of halogens is 1. The van der Waals surface area contributed by atoms with Gasteiger partial charge in [-0.1, -0.05) is 65.9 Å². The minimum atomic E-state index is -0.168. The molecule has 0 aromatic heterocycles. The van der Waals surface area contributed by atoms with Crippen LogP contribution in [-0.4, -0.2) is 27.6 Å². The third kappa shape index (κ3) is 5.06. The van der Waals surface area contributed by atoms with Crippen molar-refractivity contribution in [2.45, 2.75) is 13.3 Å². The first kappa shape index (κ1) is 19.8. The van der Waals surface area contributed by atoms with Gasteiger partial charge in [-0.3, -0.25) is 14.5 Å². The van der Waals surface area contributed by atoms with E-state index in [1.165, 1.54) is 16.7 Å². The summed E-state index contributed by atoms with van der Waals surface area (Å²) in [5.74, 6) is -0.322. The van der Waals surface area contributed by atoms with Crippen LogP contribution in [0.15, 0.2) is 57.9 Å². The Kier molecular flexibility index (Phi) is 6.46. The van der Waals surface area contributed by atoms with E-state index >= 15 is 0 Å². The molecule has 1 aliphatic rings. The molecule has 1 heterocycles. The van der Waals surface area contributed by atoms with E-state index in [0.717, 1.165) is 15.6 Å². The highest BCUT2D eigenvalue weighted by Crippen LogP contribution is 2.32. The van der Waals surface area contributed by atoms with E-state index in [2.05, 4.69) is 21.2 Å². The zero-order chi connectivity index (χ0) is 19.4. The van der Waals surface area contributed by atoms with Gasteiger partial charge in [-0.15, -0.1) is 0 Å². The van der Waals surface area contributed by atoms with Crippen LogP contribution in [0.5, 0.6) is 0 Å². The van der Waals surface area contributed by atoms with Gasteiger partial charge >= 0.3 is 0 Å². The molecule has 0 spiro atoms. The number of anilines is 1. The van der Waals surface area contributed by atoms with Gasteiger partial charge in [-0.05, 0) is 46.6 Å². The lowest BCUT2D eigenvalue weighted by Crippen LogP contribution is -2.31. The fraction of sp³-hybridized carbons (Fsp3) is 0.150. The number of carbonyl (C=O) groups is 2. The zero-order valence-electron chi connectivity index (χ0n) is 14.6. The molecule has 1 N–H and O–H groups in total. The number of aryl methyl sites for hydroxylation is 1. The largest absolute Gasteiger partial charge is 0.325 e. The fourth-order valence-corrected chi connectivity index (χ4v) is 4.19. The van der Waals surface area contributed by atoms with Crippen LogP contribution < -0.4 is 5.32 Å². The lowest BCUT2D eigenvalue weighted by atomic mass is 10.1. The summed E-state index contributed by atoms with van der Waals surface area (Å²) in [6.07, 6.45) is 2.01. The second-order valence-electron chi connectivity index (χ2n) is 6.02. The highest BCUT2D eigenvalue weighted by Gasteiger charge is 2.32. The highest BCUT2D eigenvalue weighted by atomic mass is 79.9. The van der Waals surface area contributed by atoms with Crippen molar-refractivity contribution in [2.24, 2.45) is 0 Å². The van der Waals surface area contributed by atoms with Crippen LogP contribution in [0.1, 0.15) is 17.5 Å². The molecule has 1 aliphatic heterocycles. The molecule has 4 nitrogen and oxygen atoms in total. The Morgan fingerprint density at radius 1 is 1.22 bits per heavy atom. The third-order valence-electron chi connectivity index (χ3n) is 3.96. The van der Waals surface area contributed by atoms with Crippen LogP contribution in [0.25, 0.3) is 6.08 Å². The molecule has 0 atom stereocenters. The van der Waals surface area contributed by atoms with Crippen LogP contribution in [0.3, 0.4) is 0 Å². The second kappa shape index (κ2) is 8.82. The Hall–Kier alpha value is -1.96. The summed E-state index contributed by atoms with van der Waals surface area (Å²) >= 11 is 9.98. The number of thiocarbonyl (C=S) groups is 1. The number of para-hydroxylation sites is 1. The first-order chi connectivity index (χ1) is 12.9. The van der Waals surface area contributed by atoms with E-state index in [9.17, 15) is 9.59 Å². The number of hydrogen-bond acceptors (Lipinski definition) is 4. The van der Waals surface area contributed by atoms with Crippen molar-refractivity contribution in [3.8, 4) is 0 Å². The molecule has 3 rings (SSSR count). The minimum absolute atomic E-state index is 0.153. The molecule has 1 fully saturated rings. The summed E-state index contributed by atoms with van der Waals surface area (Å²) < 4.78 is 1.29. The molecule has 138 valence electrons. The Bertz CT molecular complexity index is 926. The quantitative estimate of drug-likeness (QED) is 0.504. The minimum Gasteiger partial charge on any atom is -0.325 e. The van der Waals surface area contributed by atoms with E-state index in [4.69, 9.17) is 12.2 Å². The van der Waals surface area contributed by atoms with Gasteiger partial charge in [0.2, 0.25) is 5.91 Å². The lowest BCUT2D eigenvalue weighted by Gasteiger charge is -2.14. The zero-order valence-corrected chi connectivity index (χ0v) is 17.8. The number of amides is 2. The van der Waals surface area contributed by atoms with Gasteiger partial charge in [0.15, 0.2) is 0 Å². The number of rotatable bonds is 5. The van der Waals surface area contributed by atoms with Crippen LogP contribution in [0.2, 0.25) is 0 Å². The third-order valence-corrected chi connectivity index (χ3v) is 6.03. The van der Waals surface area contributed by atoms with Gasteiger partial charge in [0, 0.05) is 17.4 Å². The number of benzene rings is 2. The van der Waals surface area contributed by atoms with Crippen molar-refractivity contribution in [2.75, 3.05) is 11.9 Å². The first-order valence-electron chi connectivity index (χ1n) is 8.30. The molecule has 2 aromatic carbocycles. The molecule has 0 bridgehead atoms. The Balaban J connectivity index is 1.61. The second-order valence-corrected chi connectivity index (χ2v) is 8.55. The van der Waals surface area contributed by atoms with Crippen molar-refractivity contribution in [1.82, 2.24) is 4.90 Å². The van der Waals surface area contributed by atoms with Crippen molar-refractivity contribution >= 4 is 67.8 Å². The maximum atomic E-state index is 12.6. The van der Waals surface area contributed by atoms with E-state index < -0.39 is 0 Å². The smallest absolute Gasteiger partial charge is 0.266 e. The van der Waals surface area contributed by atoms with Crippen LogP contribution in [0.4, 0.5) is 5.69 Å². The summed E-state index contributed by atoms with van der Waals surface area (Å²) in [5, 5.41) is 2.83. The van der Waals surface area contributed by atoms with Gasteiger partial charge in [0.05, 0.1) is 10.6 Å². The predicted molar refractivity (Wildman–Crippen MR) is 118 cm³/mol. The summed E-state index contributed by atoms with van der Waals surface area (Å²) in [4.78, 5) is 26.9. The topological polar surface area (TPSA) is 49.4 Å². The maximum absolute atomic E-state index is 12.6. The predicted octanol–water partition coefficient (Wildman–Crippen LogP) is 4.99. The maximum Gasteiger partial charge on any atom is 0.266 e. The molecule has 1 saturated heterocycles. The number of nitrogens with zero attached hydrogens (tertiary/aromatic N) is 1. The van der Waals surface area contributed by atoms with E-state index in [0.29, 0.717) is 14.9 Å². The fourth-order valence-electron chi connectivity index (χ4n) is 2.50. The van der Waals surface area contributed by atoms with Gasteiger partial charge < -0.3 is 5.32 Å². The van der Waals surface area contributed by atoms with Gasteiger partial charge in [0.1, 0.15) is 4.32 Å². The Labute approximate surface area is 176 Å². The molecule has 0 aliphatic carbocycles. The lowest BCUT2D eigenvalue weighted by molar-refractivity contribution is -0.122. The van der Waals surface area contributed by atoms with Gasteiger partial charge in [0.25, 0.3) is 5.91 Å². The average Bonchev–Trinajstić information content (AvgIpc) is 2.90. The number of nitrogens with one attached hydrogen (secondary N) is 1. The molecule has 27 heavy (non-hydrogen) atoms. The van der Waals surface area contributed by atoms with Gasteiger partial charge in [-0.2, -0.15) is 0 Å². The van der Waals surface area contributed by atoms with E-state index in [-0.39, 0.29) is 24.8 Å². The molecule has 2 aromatic rings. The van der Waals surface area contributed by atoms with Crippen molar-refractivity contribution < 1.29 is 9.59 Å². The average molecular weight is 461 g/mol. The number of hydrogen-bond donors (Lipinski definition) is 1. The summed E-state index contributed by atoms with van der Waals surface area (Å²) in [5.41, 5.74) is 2.82. The molecule has 7 heteroatoms. The summed E-state index contributed by atoms with van der Waals surface area (Å²) in [6.45, 7) is 2.27. The summed E-state index contributed by atoms with van der Waals surface area (Å²) in [6, 6.07) is 15.3. The highest BCUT2D eigenvalue weighted by molar-refractivity contribution is 9.10. The molecule has 0 unspecified atom stereocenters. The molecular formula is C20H17BrN2O2S2. The molecular weight excluding hydrogens is 444 g/mol. The first-order valence-corrected chi connectivity index (χ1v) is 10.3. The van der Waals surface area contributed by atoms with Gasteiger partial charge in [-0.25, -0.2) is 0 Å². The Morgan fingerprint density at radius 3 is 2.63 bits per heavy atom. The summed E-state index contributed by atoms with van der Waals surface area (Å²) in [7, 11) is 0. The number of thioether (sulfide) groups is 1.